The largest absolute Gasteiger partial charge is 0.479 e. The number of aromatic nitrogens is 1. The smallest absolute Gasteiger partial charge is 0.344 e. The van der Waals surface area contributed by atoms with Crippen LogP contribution in [0.4, 0.5) is 5.13 Å². The number of anilines is 1. The van der Waals surface area contributed by atoms with Crippen LogP contribution in [0.1, 0.15) is 17.3 Å². The molecule has 0 fully saturated rings. The fourth-order valence-electron chi connectivity index (χ4n) is 2.63. The van der Waals surface area contributed by atoms with Crippen LogP contribution in [0.2, 0.25) is 0 Å². The number of aliphatic carboxylic acids is 1. The van der Waals surface area contributed by atoms with Gasteiger partial charge in [0, 0.05) is 36.5 Å². The van der Waals surface area contributed by atoms with Crippen LogP contribution in [0.5, 0.6) is 17.2 Å². The zero-order valence-electron chi connectivity index (χ0n) is 17.4. The molecule has 0 bridgehead atoms. The Balaban J connectivity index is 1.94. The number of benzene rings is 2. The summed E-state index contributed by atoms with van der Waals surface area (Å²) in [5.41, 5.74) is 0.195. The summed E-state index contributed by atoms with van der Waals surface area (Å²) in [6.07, 6.45) is 1.52. The van der Waals surface area contributed by atoms with Crippen molar-refractivity contribution >= 4 is 38.2 Å². The highest BCUT2D eigenvalue weighted by molar-refractivity contribution is 7.90. The first-order valence-corrected chi connectivity index (χ1v) is 12.0. The van der Waals surface area contributed by atoms with Gasteiger partial charge in [-0.25, -0.2) is 18.2 Å². The first-order chi connectivity index (χ1) is 15.0. The van der Waals surface area contributed by atoms with Gasteiger partial charge in [0.15, 0.2) is 21.1 Å². The molecule has 11 heteroatoms. The van der Waals surface area contributed by atoms with Crippen molar-refractivity contribution in [3.63, 3.8) is 0 Å². The minimum absolute atomic E-state index is 0.126. The number of carboxylic acid groups (broad SMARTS) is 1. The van der Waals surface area contributed by atoms with E-state index in [1.54, 1.807) is 18.6 Å². The SMILES string of the molecule is CC(Oc1cc(Oc2ccc(S(C)(=O)=O)cc2)cc(C(=O)N(C)c2nccs2)c1)C(=O)O. The summed E-state index contributed by atoms with van der Waals surface area (Å²) in [5.74, 6) is -0.900. The highest BCUT2D eigenvalue weighted by Crippen LogP contribution is 2.30. The fraction of sp³-hybridized carbons (Fsp3) is 0.190. The predicted molar refractivity (Wildman–Crippen MR) is 119 cm³/mol. The third-order valence-corrected chi connectivity index (χ3v) is 6.26. The van der Waals surface area contributed by atoms with Crippen molar-refractivity contribution < 1.29 is 32.6 Å². The number of amides is 1. The number of carboxylic acids is 1. The Morgan fingerprint density at radius 1 is 1.09 bits per heavy atom. The molecule has 1 aromatic heterocycles. The van der Waals surface area contributed by atoms with E-state index in [9.17, 15) is 18.0 Å². The van der Waals surface area contributed by atoms with Crippen LogP contribution in [0.3, 0.4) is 0 Å². The summed E-state index contributed by atoms with van der Waals surface area (Å²) in [6, 6.07) is 10.1. The van der Waals surface area contributed by atoms with E-state index in [4.69, 9.17) is 14.6 Å². The molecule has 3 aromatic rings. The molecule has 1 N–H and O–H groups in total. The second kappa shape index (κ2) is 9.37. The number of hydrogen-bond acceptors (Lipinski definition) is 8. The fourth-order valence-corrected chi connectivity index (χ4v) is 3.87. The summed E-state index contributed by atoms with van der Waals surface area (Å²) in [6.45, 7) is 1.36. The summed E-state index contributed by atoms with van der Waals surface area (Å²) in [4.78, 5) is 29.8. The number of sulfone groups is 1. The molecule has 0 aliphatic rings. The highest BCUT2D eigenvalue weighted by Gasteiger charge is 2.20. The number of rotatable bonds is 8. The van der Waals surface area contributed by atoms with Gasteiger partial charge in [-0.1, -0.05) is 0 Å². The number of thiazole rings is 1. The third kappa shape index (κ3) is 5.62. The molecule has 0 aliphatic heterocycles. The standard InChI is InChI=1S/C21H20N2O7S2/c1-13(20(25)26)29-16-10-14(19(24)23(2)21-22-8-9-31-21)11-17(12-16)30-15-4-6-18(7-5-15)32(3,27)28/h4-13H,1-3H3,(H,25,26). The van der Waals surface area contributed by atoms with Crippen LogP contribution in [-0.2, 0) is 14.6 Å². The van der Waals surface area contributed by atoms with Crippen LogP contribution in [0, 0.1) is 0 Å². The predicted octanol–water partition coefficient (Wildman–Crippen LogP) is 3.47. The summed E-state index contributed by atoms with van der Waals surface area (Å²) in [7, 11) is -1.79. The van der Waals surface area contributed by atoms with Crippen molar-refractivity contribution in [1.82, 2.24) is 4.98 Å². The van der Waals surface area contributed by atoms with Gasteiger partial charge in [0.2, 0.25) is 0 Å². The normalized spacial score (nSPS) is 12.1. The average Bonchev–Trinajstić information content (AvgIpc) is 3.27. The van der Waals surface area contributed by atoms with Crippen molar-refractivity contribution in [2.24, 2.45) is 0 Å². The van der Waals surface area contributed by atoms with Crippen molar-refractivity contribution in [1.29, 1.82) is 0 Å². The monoisotopic (exact) mass is 476 g/mol. The lowest BCUT2D eigenvalue weighted by atomic mass is 10.1. The zero-order chi connectivity index (χ0) is 23.5. The van der Waals surface area contributed by atoms with E-state index in [0.29, 0.717) is 10.9 Å². The number of ether oxygens (including phenoxy) is 2. The van der Waals surface area contributed by atoms with Gasteiger partial charge in [-0.05, 0) is 43.3 Å². The molecule has 0 aliphatic carbocycles. The van der Waals surface area contributed by atoms with Gasteiger partial charge in [0.1, 0.15) is 17.2 Å². The molecule has 1 heterocycles. The van der Waals surface area contributed by atoms with E-state index < -0.39 is 27.8 Å². The summed E-state index contributed by atoms with van der Waals surface area (Å²) in [5, 5.41) is 11.4. The molecule has 0 saturated heterocycles. The van der Waals surface area contributed by atoms with Crippen molar-refractivity contribution in [3.05, 3.63) is 59.6 Å². The molecule has 0 radical (unpaired) electrons. The Labute approximate surface area is 188 Å². The minimum Gasteiger partial charge on any atom is -0.479 e. The van der Waals surface area contributed by atoms with Crippen molar-refractivity contribution in [2.75, 3.05) is 18.2 Å². The van der Waals surface area contributed by atoms with E-state index in [1.807, 2.05) is 0 Å². The average molecular weight is 477 g/mol. The Kier molecular flexibility index (Phi) is 6.80. The number of hydrogen-bond donors (Lipinski definition) is 1. The molecule has 0 saturated carbocycles. The van der Waals surface area contributed by atoms with Crippen LogP contribution in [-0.4, -0.2) is 49.8 Å². The van der Waals surface area contributed by atoms with Crippen LogP contribution in [0.15, 0.2) is 58.9 Å². The van der Waals surface area contributed by atoms with E-state index in [0.717, 1.165) is 6.26 Å². The number of carbonyl (C=O) groups is 2. The first kappa shape index (κ1) is 23.2. The molecule has 168 valence electrons. The zero-order valence-corrected chi connectivity index (χ0v) is 19.0. The quantitative estimate of drug-likeness (QED) is 0.524. The van der Waals surface area contributed by atoms with Crippen molar-refractivity contribution in [3.8, 4) is 17.2 Å². The Bertz CT molecular complexity index is 1220. The van der Waals surface area contributed by atoms with Crippen LogP contribution in [0.25, 0.3) is 0 Å². The number of carbonyl (C=O) groups excluding carboxylic acids is 1. The molecule has 32 heavy (non-hydrogen) atoms. The van der Waals surface area contributed by atoms with Crippen LogP contribution >= 0.6 is 11.3 Å². The maximum atomic E-state index is 13.0. The molecular formula is C21H20N2O7S2. The molecule has 1 atom stereocenters. The van der Waals surface area contributed by atoms with E-state index in [1.165, 1.54) is 65.6 Å². The molecular weight excluding hydrogens is 456 g/mol. The van der Waals surface area contributed by atoms with E-state index in [-0.39, 0.29) is 22.0 Å². The van der Waals surface area contributed by atoms with Gasteiger partial charge in [0.05, 0.1) is 4.90 Å². The lowest BCUT2D eigenvalue weighted by Gasteiger charge is -2.17. The lowest BCUT2D eigenvalue weighted by molar-refractivity contribution is -0.144. The first-order valence-electron chi connectivity index (χ1n) is 9.24. The summed E-state index contributed by atoms with van der Waals surface area (Å²) < 4.78 is 34.5. The third-order valence-electron chi connectivity index (χ3n) is 4.29. The minimum atomic E-state index is -3.36. The van der Waals surface area contributed by atoms with E-state index >= 15 is 0 Å². The van der Waals surface area contributed by atoms with Gasteiger partial charge in [0.25, 0.3) is 5.91 Å². The van der Waals surface area contributed by atoms with Crippen molar-refractivity contribution in [2.45, 2.75) is 17.9 Å². The summed E-state index contributed by atoms with van der Waals surface area (Å²) >= 11 is 1.29. The van der Waals surface area contributed by atoms with Crippen LogP contribution < -0.4 is 14.4 Å². The van der Waals surface area contributed by atoms with Gasteiger partial charge in [-0.2, -0.15) is 0 Å². The van der Waals surface area contributed by atoms with Gasteiger partial charge in [-0.15, -0.1) is 11.3 Å². The lowest BCUT2D eigenvalue weighted by Crippen LogP contribution is -2.26. The second-order valence-electron chi connectivity index (χ2n) is 6.82. The number of nitrogens with zero attached hydrogens (tertiary/aromatic N) is 2. The highest BCUT2D eigenvalue weighted by atomic mass is 32.2. The van der Waals surface area contributed by atoms with Gasteiger partial charge < -0.3 is 14.6 Å². The van der Waals surface area contributed by atoms with Gasteiger partial charge >= 0.3 is 5.97 Å². The molecule has 2 aromatic carbocycles. The molecule has 9 nitrogen and oxygen atoms in total. The molecule has 1 amide bonds. The Morgan fingerprint density at radius 3 is 2.31 bits per heavy atom. The Morgan fingerprint density at radius 2 is 1.75 bits per heavy atom. The Hall–Kier alpha value is -3.44. The topological polar surface area (TPSA) is 123 Å². The van der Waals surface area contributed by atoms with E-state index in [2.05, 4.69) is 4.98 Å². The van der Waals surface area contributed by atoms with Gasteiger partial charge in [-0.3, -0.25) is 9.69 Å². The molecule has 1 unspecified atom stereocenters. The molecule has 3 rings (SSSR count). The maximum Gasteiger partial charge on any atom is 0.344 e. The second-order valence-corrected chi connectivity index (χ2v) is 9.70. The molecule has 0 spiro atoms. The maximum absolute atomic E-state index is 13.0.